The Hall–Kier alpha value is -3.09. The quantitative estimate of drug-likeness (QED) is 0.701. The summed E-state index contributed by atoms with van der Waals surface area (Å²) in [7, 11) is 0. The molecular weight excluding hydrogens is 375 g/mol. The summed E-state index contributed by atoms with van der Waals surface area (Å²) in [6.07, 6.45) is 1.76. The number of amides is 2. The van der Waals surface area contributed by atoms with Gasteiger partial charge in [0, 0.05) is 31.5 Å². The SMILES string of the molecule is Cc1ccc(C(=O)NCCNC(=O)CCc2ccc3c(c2)OCCCO3)cc1F. The number of ether oxygens (including phenoxy) is 2. The molecule has 2 aromatic carbocycles. The van der Waals surface area contributed by atoms with Gasteiger partial charge in [0.2, 0.25) is 5.91 Å². The van der Waals surface area contributed by atoms with Crippen molar-refractivity contribution in [1.82, 2.24) is 10.6 Å². The number of carbonyl (C=O) groups is 2. The molecule has 0 fully saturated rings. The Labute approximate surface area is 169 Å². The molecule has 0 bridgehead atoms. The second-order valence-electron chi connectivity index (χ2n) is 6.90. The van der Waals surface area contributed by atoms with Gasteiger partial charge >= 0.3 is 0 Å². The Morgan fingerprint density at radius 3 is 2.55 bits per heavy atom. The number of carbonyl (C=O) groups excluding carboxylic acids is 2. The molecule has 0 saturated carbocycles. The van der Waals surface area contributed by atoms with Crippen LogP contribution in [0.1, 0.15) is 34.3 Å². The smallest absolute Gasteiger partial charge is 0.251 e. The molecule has 0 aromatic heterocycles. The van der Waals surface area contributed by atoms with Gasteiger partial charge in [0.1, 0.15) is 5.82 Å². The van der Waals surface area contributed by atoms with Crippen LogP contribution in [0, 0.1) is 12.7 Å². The number of benzene rings is 2. The highest BCUT2D eigenvalue weighted by Gasteiger charge is 2.12. The van der Waals surface area contributed by atoms with Crippen LogP contribution < -0.4 is 20.1 Å². The Bertz CT molecular complexity index is 885. The van der Waals surface area contributed by atoms with Gasteiger partial charge in [-0.15, -0.1) is 0 Å². The van der Waals surface area contributed by atoms with Crippen LogP contribution in [0.25, 0.3) is 0 Å². The van der Waals surface area contributed by atoms with Crippen LogP contribution >= 0.6 is 0 Å². The highest BCUT2D eigenvalue weighted by molar-refractivity contribution is 5.94. The van der Waals surface area contributed by atoms with E-state index in [1.54, 1.807) is 19.1 Å². The highest BCUT2D eigenvalue weighted by Crippen LogP contribution is 2.30. The van der Waals surface area contributed by atoms with Crippen molar-refractivity contribution in [3.8, 4) is 11.5 Å². The Balaban J connectivity index is 1.37. The first-order chi connectivity index (χ1) is 14.0. The predicted octanol–water partition coefficient (Wildman–Crippen LogP) is 2.77. The van der Waals surface area contributed by atoms with Crippen LogP contribution in [-0.2, 0) is 11.2 Å². The highest BCUT2D eigenvalue weighted by atomic mass is 19.1. The molecule has 0 radical (unpaired) electrons. The molecular formula is C22H25FN2O4. The zero-order valence-corrected chi connectivity index (χ0v) is 16.4. The van der Waals surface area contributed by atoms with Gasteiger partial charge in [-0.2, -0.15) is 0 Å². The van der Waals surface area contributed by atoms with E-state index in [4.69, 9.17) is 9.47 Å². The fourth-order valence-electron chi connectivity index (χ4n) is 2.92. The molecule has 6 nitrogen and oxygen atoms in total. The van der Waals surface area contributed by atoms with Crippen molar-refractivity contribution in [1.29, 1.82) is 0 Å². The van der Waals surface area contributed by atoms with Crippen molar-refractivity contribution in [2.24, 2.45) is 0 Å². The number of halogens is 1. The molecule has 154 valence electrons. The number of rotatable bonds is 7. The van der Waals surface area contributed by atoms with Gasteiger partial charge in [0.05, 0.1) is 13.2 Å². The first-order valence-electron chi connectivity index (χ1n) is 9.72. The average Bonchev–Trinajstić information content (AvgIpc) is 2.96. The molecule has 3 rings (SSSR count). The van der Waals surface area contributed by atoms with Gasteiger partial charge in [0.15, 0.2) is 11.5 Å². The fourth-order valence-corrected chi connectivity index (χ4v) is 2.92. The van der Waals surface area contributed by atoms with E-state index in [9.17, 15) is 14.0 Å². The van der Waals surface area contributed by atoms with E-state index in [2.05, 4.69) is 10.6 Å². The van der Waals surface area contributed by atoms with Gasteiger partial charge in [0.25, 0.3) is 5.91 Å². The minimum Gasteiger partial charge on any atom is -0.490 e. The van der Waals surface area contributed by atoms with Gasteiger partial charge < -0.3 is 20.1 Å². The minimum absolute atomic E-state index is 0.104. The number of fused-ring (bicyclic) bond motifs is 1. The first-order valence-corrected chi connectivity index (χ1v) is 9.72. The third-order valence-corrected chi connectivity index (χ3v) is 4.62. The molecule has 0 unspecified atom stereocenters. The molecule has 2 aromatic rings. The zero-order valence-electron chi connectivity index (χ0n) is 16.4. The van der Waals surface area contributed by atoms with Crippen LogP contribution in [0.15, 0.2) is 36.4 Å². The fraction of sp³-hybridized carbons (Fsp3) is 0.364. The summed E-state index contributed by atoms with van der Waals surface area (Å²) >= 11 is 0. The van der Waals surface area contributed by atoms with Crippen LogP contribution in [0.5, 0.6) is 11.5 Å². The monoisotopic (exact) mass is 400 g/mol. The molecule has 0 saturated heterocycles. The molecule has 1 aliphatic heterocycles. The summed E-state index contributed by atoms with van der Waals surface area (Å²) < 4.78 is 24.8. The van der Waals surface area contributed by atoms with Crippen molar-refractivity contribution in [3.63, 3.8) is 0 Å². The summed E-state index contributed by atoms with van der Waals surface area (Å²) in [6, 6.07) is 10.1. The molecule has 1 heterocycles. The lowest BCUT2D eigenvalue weighted by Gasteiger charge is -2.10. The maximum Gasteiger partial charge on any atom is 0.251 e. The van der Waals surface area contributed by atoms with E-state index >= 15 is 0 Å². The summed E-state index contributed by atoms with van der Waals surface area (Å²) in [5, 5.41) is 5.43. The third-order valence-electron chi connectivity index (χ3n) is 4.62. The molecule has 0 spiro atoms. The molecule has 29 heavy (non-hydrogen) atoms. The van der Waals surface area contributed by atoms with Crippen molar-refractivity contribution in [2.75, 3.05) is 26.3 Å². The zero-order chi connectivity index (χ0) is 20.6. The minimum atomic E-state index is -0.416. The van der Waals surface area contributed by atoms with Crippen molar-refractivity contribution in [2.45, 2.75) is 26.2 Å². The standard InChI is InChI=1S/C22H25FN2O4/c1-15-3-6-17(14-18(15)23)22(27)25-10-9-24-21(26)8-5-16-4-7-19-20(13-16)29-12-2-11-28-19/h3-4,6-7,13-14H,2,5,8-12H2,1H3,(H,24,26)(H,25,27). The molecule has 0 atom stereocenters. The van der Waals surface area contributed by atoms with Crippen molar-refractivity contribution in [3.05, 3.63) is 58.9 Å². The largest absolute Gasteiger partial charge is 0.490 e. The molecule has 2 N–H and O–H groups in total. The summed E-state index contributed by atoms with van der Waals surface area (Å²) in [5.74, 6) is 0.564. The van der Waals surface area contributed by atoms with Gasteiger partial charge in [-0.05, 0) is 48.7 Å². The molecule has 0 aliphatic carbocycles. The predicted molar refractivity (Wildman–Crippen MR) is 107 cm³/mol. The lowest BCUT2D eigenvalue weighted by molar-refractivity contribution is -0.121. The topological polar surface area (TPSA) is 76.7 Å². The summed E-state index contributed by atoms with van der Waals surface area (Å²) in [5.41, 5.74) is 1.75. The van der Waals surface area contributed by atoms with E-state index in [0.29, 0.717) is 38.2 Å². The van der Waals surface area contributed by atoms with E-state index < -0.39 is 5.82 Å². The van der Waals surface area contributed by atoms with E-state index in [1.165, 1.54) is 6.07 Å². The molecule has 1 aliphatic rings. The number of nitrogens with one attached hydrogen (secondary N) is 2. The van der Waals surface area contributed by atoms with Crippen molar-refractivity contribution >= 4 is 11.8 Å². The summed E-state index contributed by atoms with van der Waals surface area (Å²) in [6.45, 7) is 3.48. The Morgan fingerprint density at radius 2 is 1.76 bits per heavy atom. The first kappa shape index (κ1) is 20.6. The van der Waals surface area contributed by atoms with Gasteiger partial charge in [-0.25, -0.2) is 4.39 Å². The Kier molecular flexibility index (Phi) is 7.05. The van der Waals surface area contributed by atoms with Crippen molar-refractivity contribution < 1.29 is 23.5 Å². The Morgan fingerprint density at radius 1 is 1.00 bits per heavy atom. The van der Waals surface area contributed by atoms with Crippen LogP contribution in [-0.4, -0.2) is 38.1 Å². The normalized spacial score (nSPS) is 12.8. The van der Waals surface area contributed by atoms with Crippen LogP contribution in [0.4, 0.5) is 4.39 Å². The average molecular weight is 400 g/mol. The number of hydrogen-bond acceptors (Lipinski definition) is 4. The van der Waals surface area contributed by atoms with Crippen LogP contribution in [0.3, 0.4) is 0 Å². The second-order valence-corrected chi connectivity index (χ2v) is 6.90. The lowest BCUT2D eigenvalue weighted by atomic mass is 10.1. The van der Waals surface area contributed by atoms with E-state index in [1.807, 2.05) is 18.2 Å². The number of hydrogen-bond donors (Lipinski definition) is 2. The third kappa shape index (κ3) is 5.94. The number of aryl methyl sites for hydroxylation is 2. The van der Waals surface area contributed by atoms with E-state index in [0.717, 1.165) is 23.5 Å². The van der Waals surface area contributed by atoms with Gasteiger partial charge in [-0.3, -0.25) is 9.59 Å². The van der Waals surface area contributed by atoms with Crippen LogP contribution in [0.2, 0.25) is 0 Å². The maximum absolute atomic E-state index is 13.5. The van der Waals surface area contributed by atoms with Gasteiger partial charge in [-0.1, -0.05) is 12.1 Å². The lowest BCUT2D eigenvalue weighted by Crippen LogP contribution is -2.34. The van der Waals surface area contributed by atoms with E-state index in [-0.39, 0.29) is 23.9 Å². The maximum atomic E-state index is 13.5. The summed E-state index contributed by atoms with van der Waals surface area (Å²) in [4.78, 5) is 24.0. The second kappa shape index (κ2) is 9.91. The molecule has 2 amide bonds. The molecule has 7 heteroatoms.